The van der Waals surface area contributed by atoms with Crippen LogP contribution in [-0.4, -0.2) is 38.6 Å². The first-order chi connectivity index (χ1) is 8.58. The summed E-state index contributed by atoms with van der Waals surface area (Å²) in [5.74, 6) is 0.464. The fourth-order valence-electron chi connectivity index (χ4n) is 1.89. The molecule has 0 atom stereocenters. The van der Waals surface area contributed by atoms with Gasteiger partial charge in [0.2, 0.25) is 0 Å². The molecule has 0 saturated carbocycles. The first-order valence-corrected chi connectivity index (χ1v) is 7.23. The van der Waals surface area contributed by atoms with E-state index in [1.165, 1.54) is 5.69 Å². The second-order valence-corrected chi connectivity index (χ2v) is 5.32. The van der Waals surface area contributed by atoms with Crippen LogP contribution in [0.5, 0.6) is 0 Å². The maximum Gasteiger partial charge on any atom is 0.0488 e. The van der Waals surface area contributed by atoms with Crippen LogP contribution in [-0.2, 0) is 5.88 Å². The van der Waals surface area contributed by atoms with E-state index >= 15 is 0 Å². The van der Waals surface area contributed by atoms with Crippen LogP contribution in [0.2, 0.25) is 5.02 Å². The van der Waals surface area contributed by atoms with Crippen LogP contribution in [0.1, 0.15) is 18.9 Å². The Morgan fingerprint density at radius 2 is 1.89 bits per heavy atom. The highest BCUT2D eigenvalue weighted by molar-refractivity contribution is 6.32. The summed E-state index contributed by atoms with van der Waals surface area (Å²) in [7, 11) is 4.20. The second kappa shape index (κ2) is 7.88. The minimum Gasteiger partial charge on any atom is -0.372 e. The Balaban J connectivity index is 2.67. The van der Waals surface area contributed by atoms with Crippen LogP contribution in [0.3, 0.4) is 0 Å². The van der Waals surface area contributed by atoms with E-state index in [0.717, 1.165) is 36.6 Å². The van der Waals surface area contributed by atoms with Gasteiger partial charge in [0.05, 0.1) is 0 Å². The molecule has 0 amide bonds. The van der Waals surface area contributed by atoms with E-state index in [4.69, 9.17) is 23.2 Å². The second-order valence-electron chi connectivity index (χ2n) is 4.65. The number of alkyl halides is 1. The predicted molar refractivity (Wildman–Crippen MR) is 82.1 cm³/mol. The zero-order valence-corrected chi connectivity index (χ0v) is 12.9. The van der Waals surface area contributed by atoms with Gasteiger partial charge in [0.1, 0.15) is 0 Å². The van der Waals surface area contributed by atoms with Crippen molar-refractivity contribution in [2.75, 3.05) is 38.6 Å². The van der Waals surface area contributed by atoms with Crippen molar-refractivity contribution in [2.45, 2.75) is 19.2 Å². The Bertz CT molecular complexity index is 367. The smallest absolute Gasteiger partial charge is 0.0488 e. The molecule has 18 heavy (non-hydrogen) atoms. The van der Waals surface area contributed by atoms with Gasteiger partial charge in [-0.2, -0.15) is 0 Å². The number of hydrogen-bond donors (Lipinski definition) is 0. The first kappa shape index (κ1) is 15.6. The van der Waals surface area contributed by atoms with Crippen molar-refractivity contribution in [3.05, 3.63) is 28.8 Å². The lowest BCUT2D eigenvalue weighted by atomic mass is 10.2. The summed E-state index contributed by atoms with van der Waals surface area (Å²) in [6.07, 6.45) is 1.15. The van der Waals surface area contributed by atoms with E-state index in [2.05, 4.69) is 36.9 Å². The molecule has 1 aromatic carbocycles. The summed E-state index contributed by atoms with van der Waals surface area (Å²) in [6, 6.07) is 6.13. The number of anilines is 1. The number of benzene rings is 1. The molecule has 0 aliphatic heterocycles. The normalized spacial score (nSPS) is 11.0. The van der Waals surface area contributed by atoms with Gasteiger partial charge in [-0.1, -0.05) is 17.7 Å². The van der Waals surface area contributed by atoms with Crippen LogP contribution < -0.4 is 4.90 Å². The third-order valence-electron chi connectivity index (χ3n) is 2.96. The van der Waals surface area contributed by atoms with E-state index in [1.807, 2.05) is 12.1 Å². The molecule has 0 heterocycles. The van der Waals surface area contributed by atoms with E-state index in [0.29, 0.717) is 5.88 Å². The monoisotopic (exact) mass is 288 g/mol. The van der Waals surface area contributed by atoms with Crippen LogP contribution in [0.15, 0.2) is 18.2 Å². The molecule has 0 spiro atoms. The standard InChI is InChI=1S/C14H22Cl2N2/c1-4-18(9-5-8-17(2)3)13-7-6-12(11-15)14(16)10-13/h6-7,10H,4-5,8-9,11H2,1-3H3. The van der Waals surface area contributed by atoms with E-state index in [1.54, 1.807) is 0 Å². The Labute approximate surface area is 120 Å². The van der Waals surface area contributed by atoms with Crippen LogP contribution in [0.4, 0.5) is 5.69 Å². The number of hydrogen-bond acceptors (Lipinski definition) is 2. The lowest BCUT2D eigenvalue weighted by Crippen LogP contribution is -2.27. The third-order valence-corrected chi connectivity index (χ3v) is 3.60. The number of nitrogens with zero attached hydrogens (tertiary/aromatic N) is 2. The molecule has 1 rings (SSSR count). The van der Waals surface area contributed by atoms with Crippen LogP contribution in [0.25, 0.3) is 0 Å². The van der Waals surface area contributed by atoms with Gasteiger partial charge in [-0.3, -0.25) is 0 Å². The van der Waals surface area contributed by atoms with Gasteiger partial charge in [-0.25, -0.2) is 0 Å². The maximum atomic E-state index is 6.20. The summed E-state index contributed by atoms with van der Waals surface area (Å²) in [5, 5.41) is 0.758. The van der Waals surface area contributed by atoms with Gasteiger partial charge in [0.25, 0.3) is 0 Å². The fraction of sp³-hybridized carbons (Fsp3) is 0.571. The van der Waals surface area contributed by atoms with Gasteiger partial charge in [-0.05, 0) is 51.7 Å². The minimum absolute atomic E-state index is 0.464. The zero-order valence-electron chi connectivity index (χ0n) is 11.4. The summed E-state index contributed by atoms with van der Waals surface area (Å²) in [4.78, 5) is 4.55. The number of rotatable bonds is 7. The van der Waals surface area contributed by atoms with E-state index in [-0.39, 0.29) is 0 Å². The largest absolute Gasteiger partial charge is 0.372 e. The molecule has 0 unspecified atom stereocenters. The van der Waals surface area contributed by atoms with Gasteiger partial charge >= 0.3 is 0 Å². The molecule has 0 aromatic heterocycles. The molecule has 1 aromatic rings. The minimum atomic E-state index is 0.464. The predicted octanol–water partition coefficient (Wildman–Crippen LogP) is 3.86. The average Bonchev–Trinajstić information content (AvgIpc) is 2.34. The van der Waals surface area contributed by atoms with Gasteiger partial charge < -0.3 is 9.80 Å². The SMILES string of the molecule is CCN(CCCN(C)C)c1ccc(CCl)c(Cl)c1. The Morgan fingerprint density at radius 3 is 2.39 bits per heavy atom. The van der Waals surface area contributed by atoms with Gasteiger partial charge in [0, 0.05) is 29.7 Å². The molecule has 0 fully saturated rings. The van der Waals surface area contributed by atoms with Gasteiger partial charge in [-0.15, -0.1) is 11.6 Å². The molecule has 4 heteroatoms. The van der Waals surface area contributed by atoms with Crippen molar-refractivity contribution in [3.63, 3.8) is 0 Å². The van der Waals surface area contributed by atoms with E-state index < -0.39 is 0 Å². The topological polar surface area (TPSA) is 6.48 Å². The Morgan fingerprint density at radius 1 is 1.17 bits per heavy atom. The summed E-state index contributed by atoms with van der Waals surface area (Å²) < 4.78 is 0. The van der Waals surface area contributed by atoms with Crippen molar-refractivity contribution in [1.29, 1.82) is 0 Å². The molecule has 2 nitrogen and oxygen atoms in total. The highest BCUT2D eigenvalue weighted by Crippen LogP contribution is 2.25. The molecule has 0 saturated heterocycles. The van der Waals surface area contributed by atoms with Crippen LogP contribution >= 0.6 is 23.2 Å². The van der Waals surface area contributed by atoms with Crippen molar-refractivity contribution in [2.24, 2.45) is 0 Å². The Hall–Kier alpha value is -0.440. The van der Waals surface area contributed by atoms with Crippen molar-refractivity contribution < 1.29 is 0 Å². The molecule has 0 N–H and O–H groups in total. The molecule has 102 valence electrons. The Kier molecular flexibility index (Phi) is 6.83. The average molecular weight is 289 g/mol. The third kappa shape index (κ3) is 4.68. The molecule has 0 bridgehead atoms. The van der Waals surface area contributed by atoms with Crippen molar-refractivity contribution >= 4 is 28.9 Å². The highest BCUT2D eigenvalue weighted by Gasteiger charge is 2.07. The lowest BCUT2D eigenvalue weighted by Gasteiger charge is -2.24. The van der Waals surface area contributed by atoms with Crippen molar-refractivity contribution in [1.82, 2.24) is 4.90 Å². The molecule has 0 radical (unpaired) electrons. The molecular formula is C14H22Cl2N2. The zero-order chi connectivity index (χ0) is 13.5. The quantitative estimate of drug-likeness (QED) is 0.703. The van der Waals surface area contributed by atoms with E-state index in [9.17, 15) is 0 Å². The van der Waals surface area contributed by atoms with Crippen LogP contribution in [0, 0.1) is 0 Å². The van der Waals surface area contributed by atoms with Gasteiger partial charge in [0.15, 0.2) is 0 Å². The molecule has 0 aliphatic rings. The van der Waals surface area contributed by atoms with Crippen molar-refractivity contribution in [3.8, 4) is 0 Å². The number of halogens is 2. The molecular weight excluding hydrogens is 267 g/mol. The summed E-state index contributed by atoms with van der Waals surface area (Å²) in [5.41, 5.74) is 2.17. The maximum absolute atomic E-state index is 6.20. The first-order valence-electron chi connectivity index (χ1n) is 6.32. The lowest BCUT2D eigenvalue weighted by molar-refractivity contribution is 0.400. The fourth-order valence-corrected chi connectivity index (χ4v) is 2.43. The summed E-state index contributed by atoms with van der Waals surface area (Å²) >= 11 is 12.0. The molecule has 0 aliphatic carbocycles. The summed E-state index contributed by atoms with van der Waals surface area (Å²) in [6.45, 7) is 5.30. The highest BCUT2D eigenvalue weighted by atomic mass is 35.5.